The fourth-order valence-corrected chi connectivity index (χ4v) is 2.32. The van der Waals surface area contributed by atoms with Crippen LogP contribution in [0.5, 0.6) is 0 Å². The predicted octanol–water partition coefficient (Wildman–Crippen LogP) is -3.05. The van der Waals surface area contributed by atoms with Gasteiger partial charge in [0, 0.05) is 12.0 Å². The first-order valence-electron chi connectivity index (χ1n) is 6.42. The summed E-state index contributed by atoms with van der Waals surface area (Å²) in [5.74, 6) is -1.25. The van der Waals surface area contributed by atoms with Gasteiger partial charge in [0.15, 0.2) is 6.29 Å². The molecule has 1 saturated heterocycles. The van der Waals surface area contributed by atoms with E-state index in [4.69, 9.17) is 14.6 Å². The molecule has 0 spiro atoms. The molecule has 0 aromatic carbocycles. The van der Waals surface area contributed by atoms with Gasteiger partial charge in [-0.05, 0) is 6.08 Å². The minimum absolute atomic E-state index is 0.143. The Morgan fingerprint density at radius 3 is 2.38 bits per heavy atom. The third kappa shape index (κ3) is 3.40. The van der Waals surface area contributed by atoms with E-state index >= 15 is 0 Å². The molecule has 9 nitrogen and oxygen atoms in total. The Morgan fingerprint density at radius 1 is 1.14 bits per heavy atom. The van der Waals surface area contributed by atoms with E-state index in [1.165, 1.54) is 0 Å². The fraction of sp³-hybridized carbons (Fsp3) is 0.750. The topological polar surface area (TPSA) is 157 Å². The van der Waals surface area contributed by atoms with Crippen LogP contribution < -0.4 is 0 Å². The average Bonchev–Trinajstić information content (AvgIpc) is 2.42. The molecule has 0 saturated carbocycles. The quantitative estimate of drug-likeness (QED) is 0.318. The summed E-state index contributed by atoms with van der Waals surface area (Å²) in [7, 11) is 0. The molecule has 0 amide bonds. The fourth-order valence-electron chi connectivity index (χ4n) is 2.32. The van der Waals surface area contributed by atoms with Gasteiger partial charge in [-0.15, -0.1) is 0 Å². The molecule has 0 aromatic heterocycles. The molecule has 9 heteroatoms. The van der Waals surface area contributed by atoms with Crippen LogP contribution in [0.4, 0.5) is 0 Å². The number of carboxylic acids is 1. The number of hydrogen-bond donors (Lipinski definition) is 6. The van der Waals surface area contributed by atoms with E-state index < -0.39 is 48.9 Å². The highest BCUT2D eigenvalue weighted by atomic mass is 16.7. The average molecular weight is 306 g/mol. The predicted molar refractivity (Wildman–Crippen MR) is 65.0 cm³/mol. The molecule has 0 radical (unpaired) electrons. The zero-order valence-corrected chi connectivity index (χ0v) is 10.9. The van der Waals surface area contributed by atoms with Gasteiger partial charge in [-0.25, -0.2) is 4.79 Å². The molecule has 0 unspecified atom stereocenters. The molecule has 1 aliphatic carbocycles. The standard InChI is InChI=1S/C12H18O9/c13-5-1-4(11(18)19)2-6(14)10(5)21-12-9(17)8(16)7(15)3-20-12/h1,5-10,12-17H,2-3H2,(H,18,19)/t5-,6-,7-,8+,9-,10-,12+/m1/s1. The zero-order valence-electron chi connectivity index (χ0n) is 10.9. The monoisotopic (exact) mass is 306 g/mol. The van der Waals surface area contributed by atoms with Crippen LogP contribution in [-0.2, 0) is 14.3 Å². The van der Waals surface area contributed by atoms with Crippen molar-refractivity contribution >= 4 is 5.97 Å². The second-order valence-electron chi connectivity index (χ2n) is 5.11. The third-order valence-electron chi connectivity index (χ3n) is 3.54. The Kier molecular flexibility index (Phi) is 4.94. The van der Waals surface area contributed by atoms with Crippen molar-refractivity contribution in [1.29, 1.82) is 0 Å². The van der Waals surface area contributed by atoms with Crippen molar-refractivity contribution in [2.24, 2.45) is 0 Å². The molecule has 1 heterocycles. The van der Waals surface area contributed by atoms with Crippen LogP contribution >= 0.6 is 0 Å². The van der Waals surface area contributed by atoms with Gasteiger partial charge < -0.3 is 40.1 Å². The van der Waals surface area contributed by atoms with Gasteiger partial charge in [0.1, 0.15) is 30.5 Å². The first kappa shape index (κ1) is 16.3. The Hall–Kier alpha value is -1.07. The minimum Gasteiger partial charge on any atom is -0.478 e. The maximum Gasteiger partial charge on any atom is 0.331 e. The van der Waals surface area contributed by atoms with Crippen LogP contribution in [-0.4, -0.2) is 86.1 Å². The van der Waals surface area contributed by atoms with Crippen molar-refractivity contribution in [1.82, 2.24) is 0 Å². The van der Waals surface area contributed by atoms with Crippen LogP contribution in [0.15, 0.2) is 11.6 Å². The smallest absolute Gasteiger partial charge is 0.331 e. The summed E-state index contributed by atoms with van der Waals surface area (Å²) in [5, 5.41) is 57.0. The Bertz CT molecular complexity index is 423. The Balaban J connectivity index is 2.04. The van der Waals surface area contributed by atoms with Crippen molar-refractivity contribution in [3.8, 4) is 0 Å². The lowest BCUT2D eigenvalue weighted by Crippen LogP contribution is -2.56. The maximum absolute atomic E-state index is 10.8. The Morgan fingerprint density at radius 2 is 1.81 bits per heavy atom. The van der Waals surface area contributed by atoms with Gasteiger partial charge in [-0.1, -0.05) is 0 Å². The molecular formula is C12H18O9. The summed E-state index contributed by atoms with van der Waals surface area (Å²) < 4.78 is 10.2. The number of aliphatic carboxylic acids is 1. The van der Waals surface area contributed by atoms with E-state index in [0.29, 0.717) is 0 Å². The first-order valence-corrected chi connectivity index (χ1v) is 6.42. The molecule has 0 bridgehead atoms. The van der Waals surface area contributed by atoms with Gasteiger partial charge >= 0.3 is 5.97 Å². The minimum atomic E-state index is -1.56. The first-order chi connectivity index (χ1) is 9.81. The van der Waals surface area contributed by atoms with Crippen molar-refractivity contribution < 1.29 is 44.9 Å². The highest BCUT2D eigenvalue weighted by Gasteiger charge is 2.43. The van der Waals surface area contributed by atoms with Gasteiger partial charge in [0.2, 0.25) is 0 Å². The van der Waals surface area contributed by atoms with Gasteiger partial charge in [0.05, 0.1) is 12.7 Å². The number of carboxylic acid groups (broad SMARTS) is 1. The third-order valence-corrected chi connectivity index (χ3v) is 3.54. The van der Waals surface area contributed by atoms with Crippen LogP contribution in [0.2, 0.25) is 0 Å². The number of ether oxygens (including phenoxy) is 2. The molecule has 1 fully saturated rings. The highest BCUT2D eigenvalue weighted by molar-refractivity contribution is 5.87. The van der Waals surface area contributed by atoms with Gasteiger partial charge in [-0.2, -0.15) is 0 Å². The second-order valence-corrected chi connectivity index (χ2v) is 5.11. The summed E-state index contributed by atoms with van der Waals surface area (Å²) in [6.45, 7) is -0.280. The van der Waals surface area contributed by atoms with Crippen LogP contribution in [0.25, 0.3) is 0 Å². The molecule has 0 aromatic rings. The number of rotatable bonds is 3. The zero-order chi connectivity index (χ0) is 15.7. The molecule has 2 aliphatic rings. The SMILES string of the molecule is O=C(O)C1=C[C@@H](O)[C@@H](O[C@@H]2OC[C@@H](O)[C@H](O)[C@H]2O)[C@H](O)C1. The molecule has 7 atom stereocenters. The second kappa shape index (κ2) is 6.36. The summed E-state index contributed by atoms with van der Waals surface area (Å²) >= 11 is 0. The molecule has 120 valence electrons. The molecule has 6 N–H and O–H groups in total. The molecule has 2 rings (SSSR count). The van der Waals surface area contributed by atoms with Gasteiger partial charge in [-0.3, -0.25) is 0 Å². The van der Waals surface area contributed by atoms with Crippen LogP contribution in [0, 0.1) is 0 Å². The number of hydrogen-bond acceptors (Lipinski definition) is 8. The van der Waals surface area contributed by atoms with Crippen LogP contribution in [0.3, 0.4) is 0 Å². The lowest BCUT2D eigenvalue weighted by atomic mass is 9.92. The molecule has 21 heavy (non-hydrogen) atoms. The van der Waals surface area contributed by atoms with E-state index in [1.807, 2.05) is 0 Å². The van der Waals surface area contributed by atoms with E-state index in [1.54, 1.807) is 0 Å². The normalized spacial score (nSPS) is 44.2. The number of aliphatic hydroxyl groups excluding tert-OH is 5. The van der Waals surface area contributed by atoms with Gasteiger partial charge in [0.25, 0.3) is 0 Å². The largest absolute Gasteiger partial charge is 0.478 e. The van der Waals surface area contributed by atoms with E-state index in [0.717, 1.165) is 6.08 Å². The van der Waals surface area contributed by atoms with Crippen molar-refractivity contribution in [3.05, 3.63) is 11.6 Å². The van der Waals surface area contributed by atoms with Crippen molar-refractivity contribution in [3.63, 3.8) is 0 Å². The molecule has 1 aliphatic heterocycles. The lowest BCUT2D eigenvalue weighted by molar-refractivity contribution is -0.297. The van der Waals surface area contributed by atoms with E-state index in [9.17, 15) is 30.3 Å². The number of aliphatic hydroxyl groups is 5. The highest BCUT2D eigenvalue weighted by Crippen LogP contribution is 2.26. The summed E-state index contributed by atoms with van der Waals surface area (Å²) in [5.41, 5.74) is -0.143. The summed E-state index contributed by atoms with van der Waals surface area (Å²) in [6.07, 6.45) is -8.77. The molecular weight excluding hydrogens is 288 g/mol. The maximum atomic E-state index is 10.8. The lowest BCUT2D eigenvalue weighted by Gasteiger charge is -2.39. The van der Waals surface area contributed by atoms with E-state index in [2.05, 4.69) is 0 Å². The summed E-state index contributed by atoms with van der Waals surface area (Å²) in [4.78, 5) is 10.8. The summed E-state index contributed by atoms with van der Waals surface area (Å²) in [6, 6.07) is 0. The van der Waals surface area contributed by atoms with Crippen molar-refractivity contribution in [2.45, 2.75) is 49.3 Å². The van der Waals surface area contributed by atoms with Crippen LogP contribution in [0.1, 0.15) is 6.42 Å². The van der Waals surface area contributed by atoms with Crippen molar-refractivity contribution in [2.75, 3.05) is 6.61 Å². The van der Waals surface area contributed by atoms with E-state index in [-0.39, 0.29) is 18.6 Å². The Labute approximate surface area is 119 Å². The number of carbonyl (C=O) groups is 1.